The molecule has 90 valence electrons. The van der Waals surface area contributed by atoms with E-state index in [1.807, 2.05) is 24.0 Å². The van der Waals surface area contributed by atoms with Crippen LogP contribution in [0.2, 0.25) is 0 Å². The summed E-state index contributed by atoms with van der Waals surface area (Å²) < 4.78 is 4.60. The van der Waals surface area contributed by atoms with E-state index in [2.05, 4.69) is 9.72 Å². The smallest absolute Gasteiger partial charge is 0.307 e. The number of anilines is 1. The Morgan fingerprint density at radius 3 is 3.00 bits per heavy atom. The molecule has 0 saturated heterocycles. The summed E-state index contributed by atoms with van der Waals surface area (Å²) in [4.78, 5) is 17.0. The van der Waals surface area contributed by atoms with Gasteiger partial charge in [0.05, 0.1) is 13.5 Å². The van der Waals surface area contributed by atoms with Gasteiger partial charge in [-0.1, -0.05) is 0 Å². The Balaban J connectivity index is 2.72. The fraction of sp³-hybridized carbons (Fsp3) is 0.417. The maximum atomic E-state index is 11.1. The molecule has 0 atom stereocenters. The van der Waals surface area contributed by atoms with E-state index in [9.17, 15) is 4.79 Å². The van der Waals surface area contributed by atoms with Gasteiger partial charge in [0, 0.05) is 25.0 Å². The number of esters is 1. The fourth-order valence-corrected chi connectivity index (χ4v) is 1.48. The van der Waals surface area contributed by atoms with Gasteiger partial charge in [-0.05, 0) is 19.1 Å². The number of nitriles is 1. The SMILES string of the molecule is CCN(CCC(=O)OC)c1ccnc(C#N)c1. The monoisotopic (exact) mass is 233 g/mol. The molecule has 1 aromatic heterocycles. The first-order valence-corrected chi connectivity index (χ1v) is 5.39. The highest BCUT2D eigenvalue weighted by Crippen LogP contribution is 2.14. The van der Waals surface area contributed by atoms with Crippen LogP contribution in [0.1, 0.15) is 19.0 Å². The topological polar surface area (TPSA) is 66.2 Å². The summed E-state index contributed by atoms with van der Waals surface area (Å²) in [6, 6.07) is 5.52. The summed E-state index contributed by atoms with van der Waals surface area (Å²) in [5, 5.41) is 8.77. The molecule has 1 heterocycles. The lowest BCUT2D eigenvalue weighted by molar-refractivity contribution is -0.140. The van der Waals surface area contributed by atoms with E-state index in [0.717, 1.165) is 12.2 Å². The second-order valence-electron chi connectivity index (χ2n) is 3.42. The minimum absolute atomic E-state index is 0.238. The van der Waals surface area contributed by atoms with E-state index in [1.165, 1.54) is 7.11 Å². The Kier molecular flexibility index (Phi) is 4.95. The molecule has 17 heavy (non-hydrogen) atoms. The van der Waals surface area contributed by atoms with Gasteiger partial charge in [-0.25, -0.2) is 4.98 Å². The van der Waals surface area contributed by atoms with Gasteiger partial charge in [0.2, 0.25) is 0 Å². The minimum atomic E-state index is -0.238. The van der Waals surface area contributed by atoms with Crippen molar-refractivity contribution in [3.63, 3.8) is 0 Å². The molecule has 0 bridgehead atoms. The molecule has 0 saturated carbocycles. The third-order valence-electron chi connectivity index (χ3n) is 2.42. The standard InChI is InChI=1S/C12H15N3O2/c1-3-15(7-5-12(16)17-2)11-4-6-14-10(8-11)9-13/h4,6,8H,3,5,7H2,1-2H3. The predicted octanol–water partition coefficient (Wildman–Crippen LogP) is 1.34. The van der Waals surface area contributed by atoms with Crippen LogP contribution < -0.4 is 4.90 Å². The summed E-state index contributed by atoms with van der Waals surface area (Å²) in [5.41, 5.74) is 1.27. The number of methoxy groups -OCH3 is 1. The molecule has 5 nitrogen and oxygen atoms in total. The highest BCUT2D eigenvalue weighted by atomic mass is 16.5. The lowest BCUT2D eigenvalue weighted by Crippen LogP contribution is -2.26. The van der Waals surface area contributed by atoms with Crippen LogP contribution in [-0.4, -0.2) is 31.2 Å². The zero-order valence-corrected chi connectivity index (χ0v) is 10.0. The number of pyridine rings is 1. The van der Waals surface area contributed by atoms with Crippen LogP contribution in [0.25, 0.3) is 0 Å². The third-order valence-corrected chi connectivity index (χ3v) is 2.42. The van der Waals surface area contributed by atoms with Crippen molar-refractivity contribution in [3.8, 4) is 6.07 Å². The zero-order chi connectivity index (χ0) is 12.7. The Morgan fingerprint density at radius 2 is 2.41 bits per heavy atom. The van der Waals surface area contributed by atoms with Crippen LogP contribution in [0, 0.1) is 11.3 Å². The van der Waals surface area contributed by atoms with Crippen molar-refractivity contribution in [1.29, 1.82) is 5.26 Å². The van der Waals surface area contributed by atoms with Gasteiger partial charge in [-0.15, -0.1) is 0 Å². The van der Waals surface area contributed by atoms with E-state index in [-0.39, 0.29) is 5.97 Å². The summed E-state index contributed by atoms with van der Waals surface area (Å²) in [7, 11) is 1.37. The lowest BCUT2D eigenvalue weighted by atomic mass is 10.2. The Labute approximate surface area is 101 Å². The molecule has 1 rings (SSSR count). The average Bonchev–Trinajstić information content (AvgIpc) is 2.39. The van der Waals surface area contributed by atoms with Gasteiger partial charge in [-0.3, -0.25) is 4.79 Å². The quantitative estimate of drug-likeness (QED) is 0.718. The summed E-state index contributed by atoms with van der Waals surface area (Å²) in [5.74, 6) is -0.238. The molecular formula is C12H15N3O2. The van der Waals surface area contributed by atoms with Gasteiger partial charge in [0.1, 0.15) is 11.8 Å². The highest BCUT2D eigenvalue weighted by molar-refractivity contribution is 5.70. The number of hydrogen-bond donors (Lipinski definition) is 0. The third kappa shape index (κ3) is 3.76. The van der Waals surface area contributed by atoms with Gasteiger partial charge < -0.3 is 9.64 Å². The number of nitrogens with zero attached hydrogens (tertiary/aromatic N) is 3. The molecule has 0 spiro atoms. The normalized spacial score (nSPS) is 9.47. The Hall–Kier alpha value is -2.09. The highest BCUT2D eigenvalue weighted by Gasteiger charge is 2.08. The van der Waals surface area contributed by atoms with Crippen molar-refractivity contribution in [2.75, 3.05) is 25.1 Å². The van der Waals surface area contributed by atoms with Crippen LogP contribution in [0.15, 0.2) is 18.3 Å². The molecule has 0 fully saturated rings. The molecule has 0 amide bonds. The summed E-state index contributed by atoms with van der Waals surface area (Å²) >= 11 is 0. The van der Waals surface area contributed by atoms with Crippen molar-refractivity contribution >= 4 is 11.7 Å². The molecular weight excluding hydrogens is 218 g/mol. The number of rotatable bonds is 5. The first-order chi connectivity index (χ1) is 8.21. The van der Waals surface area contributed by atoms with Gasteiger partial charge in [-0.2, -0.15) is 5.26 Å². The largest absolute Gasteiger partial charge is 0.469 e. The van der Waals surface area contributed by atoms with E-state index < -0.39 is 0 Å². The number of hydrogen-bond acceptors (Lipinski definition) is 5. The Bertz CT molecular complexity index is 426. The van der Waals surface area contributed by atoms with E-state index >= 15 is 0 Å². The fourth-order valence-electron chi connectivity index (χ4n) is 1.48. The van der Waals surface area contributed by atoms with Crippen LogP contribution in [0.3, 0.4) is 0 Å². The first-order valence-electron chi connectivity index (χ1n) is 5.39. The minimum Gasteiger partial charge on any atom is -0.469 e. The molecule has 0 aliphatic carbocycles. The summed E-state index contributed by atoms with van der Waals surface area (Å²) in [6.07, 6.45) is 1.92. The van der Waals surface area contributed by atoms with E-state index in [0.29, 0.717) is 18.7 Å². The number of carbonyl (C=O) groups is 1. The van der Waals surface area contributed by atoms with Crippen LogP contribution in [0.5, 0.6) is 0 Å². The van der Waals surface area contributed by atoms with E-state index in [4.69, 9.17) is 5.26 Å². The molecule has 0 N–H and O–H groups in total. The predicted molar refractivity (Wildman–Crippen MR) is 63.5 cm³/mol. The van der Waals surface area contributed by atoms with Crippen LogP contribution in [-0.2, 0) is 9.53 Å². The Morgan fingerprint density at radius 1 is 1.65 bits per heavy atom. The molecule has 0 unspecified atom stereocenters. The number of ether oxygens (including phenoxy) is 1. The molecule has 0 aliphatic rings. The van der Waals surface area contributed by atoms with E-state index in [1.54, 1.807) is 12.3 Å². The molecule has 5 heteroatoms. The molecule has 0 radical (unpaired) electrons. The zero-order valence-electron chi connectivity index (χ0n) is 10.0. The van der Waals surface area contributed by atoms with Gasteiger partial charge in [0.25, 0.3) is 0 Å². The van der Waals surface area contributed by atoms with Crippen molar-refractivity contribution in [2.24, 2.45) is 0 Å². The maximum absolute atomic E-state index is 11.1. The van der Waals surface area contributed by atoms with Gasteiger partial charge >= 0.3 is 5.97 Å². The van der Waals surface area contributed by atoms with Crippen LogP contribution >= 0.6 is 0 Å². The number of carbonyl (C=O) groups excluding carboxylic acids is 1. The first kappa shape index (κ1) is 13.0. The maximum Gasteiger partial charge on any atom is 0.307 e. The number of aromatic nitrogens is 1. The lowest BCUT2D eigenvalue weighted by Gasteiger charge is -2.22. The second-order valence-corrected chi connectivity index (χ2v) is 3.42. The molecule has 0 aliphatic heterocycles. The second kappa shape index (κ2) is 6.48. The molecule has 1 aromatic rings. The molecule has 0 aromatic carbocycles. The van der Waals surface area contributed by atoms with Crippen molar-refractivity contribution in [2.45, 2.75) is 13.3 Å². The van der Waals surface area contributed by atoms with Crippen LogP contribution in [0.4, 0.5) is 5.69 Å². The van der Waals surface area contributed by atoms with Crippen molar-refractivity contribution in [3.05, 3.63) is 24.0 Å². The van der Waals surface area contributed by atoms with Crippen molar-refractivity contribution < 1.29 is 9.53 Å². The van der Waals surface area contributed by atoms with Gasteiger partial charge in [0.15, 0.2) is 0 Å². The average molecular weight is 233 g/mol. The summed E-state index contributed by atoms with van der Waals surface area (Å²) in [6.45, 7) is 3.31. The van der Waals surface area contributed by atoms with Crippen molar-refractivity contribution in [1.82, 2.24) is 4.98 Å².